The van der Waals surface area contributed by atoms with Gasteiger partial charge in [-0.25, -0.2) is 4.39 Å². The zero-order chi connectivity index (χ0) is 17.9. The Bertz CT molecular complexity index is 1020. The van der Waals surface area contributed by atoms with Gasteiger partial charge in [-0.2, -0.15) is 0 Å². The van der Waals surface area contributed by atoms with Gasteiger partial charge in [-0.15, -0.1) is 0 Å². The van der Waals surface area contributed by atoms with Crippen LogP contribution in [0.2, 0.25) is 0 Å². The number of ether oxygens (including phenoxy) is 1. The first-order valence-electron chi connectivity index (χ1n) is 8.49. The van der Waals surface area contributed by atoms with Crippen molar-refractivity contribution in [1.82, 2.24) is 4.98 Å². The summed E-state index contributed by atoms with van der Waals surface area (Å²) in [4.78, 5) is 4.61. The van der Waals surface area contributed by atoms with Gasteiger partial charge < -0.3 is 4.74 Å². The van der Waals surface area contributed by atoms with Crippen molar-refractivity contribution >= 4 is 10.9 Å². The number of hydrogen-bond acceptors (Lipinski definition) is 2. The van der Waals surface area contributed by atoms with Crippen LogP contribution in [0.1, 0.15) is 22.6 Å². The van der Waals surface area contributed by atoms with Gasteiger partial charge in [0.25, 0.3) is 0 Å². The van der Waals surface area contributed by atoms with E-state index >= 15 is 0 Å². The third-order valence-corrected chi connectivity index (χ3v) is 4.63. The van der Waals surface area contributed by atoms with Gasteiger partial charge in [0.05, 0.1) is 12.6 Å². The first-order valence-corrected chi connectivity index (χ1v) is 8.49. The number of hydrogen-bond donors (Lipinski definition) is 0. The molecule has 2 nitrogen and oxygen atoms in total. The molecule has 0 radical (unpaired) electrons. The van der Waals surface area contributed by atoms with Crippen molar-refractivity contribution in [3.63, 3.8) is 0 Å². The zero-order valence-electron chi connectivity index (χ0n) is 14.4. The second-order valence-electron chi connectivity index (χ2n) is 6.18. The highest BCUT2D eigenvalue weighted by atomic mass is 19.1. The van der Waals surface area contributed by atoms with E-state index in [2.05, 4.69) is 35.3 Å². The Kier molecular flexibility index (Phi) is 4.36. The molecule has 0 spiro atoms. The molecule has 0 N–H and O–H groups in total. The third-order valence-electron chi connectivity index (χ3n) is 4.63. The van der Waals surface area contributed by atoms with E-state index in [1.807, 2.05) is 42.6 Å². The van der Waals surface area contributed by atoms with E-state index < -0.39 is 0 Å². The Morgan fingerprint density at radius 3 is 2.15 bits per heavy atom. The number of nitrogens with zero attached hydrogens (tertiary/aromatic N) is 1. The summed E-state index contributed by atoms with van der Waals surface area (Å²) >= 11 is 0. The van der Waals surface area contributed by atoms with Crippen LogP contribution in [0, 0.1) is 5.82 Å². The van der Waals surface area contributed by atoms with E-state index in [1.165, 1.54) is 12.1 Å². The highest BCUT2D eigenvalue weighted by molar-refractivity contribution is 5.83. The van der Waals surface area contributed by atoms with Gasteiger partial charge in [-0.05, 0) is 47.0 Å². The smallest absolute Gasteiger partial charge is 0.123 e. The summed E-state index contributed by atoms with van der Waals surface area (Å²) in [6.07, 6.45) is 1.81. The molecule has 0 unspecified atom stereocenters. The molecule has 26 heavy (non-hydrogen) atoms. The number of methoxy groups -OCH3 is 1. The lowest BCUT2D eigenvalue weighted by Gasteiger charge is -2.20. The van der Waals surface area contributed by atoms with Gasteiger partial charge in [0.1, 0.15) is 11.6 Å². The van der Waals surface area contributed by atoms with E-state index in [1.54, 1.807) is 7.11 Å². The second-order valence-corrected chi connectivity index (χ2v) is 6.18. The number of rotatable bonds is 4. The summed E-state index contributed by atoms with van der Waals surface area (Å²) in [5.74, 6) is 0.529. The lowest BCUT2D eigenvalue weighted by atomic mass is 9.84. The van der Waals surface area contributed by atoms with Gasteiger partial charge in [0.15, 0.2) is 0 Å². The molecule has 1 heterocycles. The molecule has 0 aliphatic heterocycles. The number of para-hydroxylation sites is 1. The largest absolute Gasteiger partial charge is 0.497 e. The molecule has 1 atom stereocenters. The Labute approximate surface area is 151 Å². The SMILES string of the molecule is COc1ccc([C@@H](c2ccc(F)cc2)c2cccc3cccnc23)cc1. The van der Waals surface area contributed by atoms with Crippen molar-refractivity contribution in [2.75, 3.05) is 7.11 Å². The predicted molar refractivity (Wildman–Crippen MR) is 102 cm³/mol. The van der Waals surface area contributed by atoms with Crippen LogP contribution in [0.15, 0.2) is 85.1 Å². The molecule has 0 amide bonds. The van der Waals surface area contributed by atoms with Crippen molar-refractivity contribution in [3.05, 3.63) is 108 Å². The summed E-state index contributed by atoms with van der Waals surface area (Å²) in [5, 5.41) is 1.09. The molecular formula is C23H18FNO. The lowest BCUT2D eigenvalue weighted by Crippen LogP contribution is -2.05. The number of benzene rings is 3. The van der Waals surface area contributed by atoms with Gasteiger partial charge in [-0.1, -0.05) is 48.5 Å². The maximum atomic E-state index is 13.5. The quantitative estimate of drug-likeness (QED) is 0.452. The van der Waals surface area contributed by atoms with Gasteiger partial charge >= 0.3 is 0 Å². The van der Waals surface area contributed by atoms with Crippen LogP contribution in [0.3, 0.4) is 0 Å². The average Bonchev–Trinajstić information content (AvgIpc) is 2.70. The molecule has 0 saturated carbocycles. The highest BCUT2D eigenvalue weighted by Gasteiger charge is 2.20. The van der Waals surface area contributed by atoms with Gasteiger partial charge in [0.2, 0.25) is 0 Å². The van der Waals surface area contributed by atoms with Gasteiger partial charge in [-0.3, -0.25) is 4.98 Å². The molecule has 0 fully saturated rings. The van der Waals surface area contributed by atoms with Crippen molar-refractivity contribution in [1.29, 1.82) is 0 Å². The van der Waals surface area contributed by atoms with Crippen molar-refractivity contribution in [2.45, 2.75) is 5.92 Å². The van der Waals surface area contributed by atoms with Crippen LogP contribution in [-0.4, -0.2) is 12.1 Å². The average molecular weight is 343 g/mol. The minimum Gasteiger partial charge on any atom is -0.497 e. The summed E-state index contributed by atoms with van der Waals surface area (Å²) < 4.78 is 18.8. The molecule has 1 aromatic heterocycles. The van der Waals surface area contributed by atoms with Crippen LogP contribution < -0.4 is 4.74 Å². The third kappa shape index (κ3) is 3.04. The topological polar surface area (TPSA) is 22.1 Å². The summed E-state index contributed by atoms with van der Waals surface area (Å²) in [7, 11) is 1.65. The molecule has 128 valence electrons. The predicted octanol–water partition coefficient (Wildman–Crippen LogP) is 5.56. The summed E-state index contributed by atoms with van der Waals surface area (Å²) in [5.41, 5.74) is 4.19. The van der Waals surface area contributed by atoms with Crippen molar-refractivity contribution in [3.8, 4) is 5.75 Å². The highest BCUT2D eigenvalue weighted by Crippen LogP contribution is 2.36. The maximum absolute atomic E-state index is 13.5. The first kappa shape index (κ1) is 16.3. The van der Waals surface area contributed by atoms with E-state index in [0.29, 0.717) is 0 Å². The molecule has 0 aliphatic carbocycles. The molecule has 0 aliphatic rings. The molecule has 0 saturated heterocycles. The molecule has 3 aromatic carbocycles. The number of halogens is 1. The van der Waals surface area contributed by atoms with E-state index in [4.69, 9.17) is 4.74 Å². The Morgan fingerprint density at radius 2 is 1.46 bits per heavy atom. The van der Waals surface area contributed by atoms with Crippen LogP contribution >= 0.6 is 0 Å². The fourth-order valence-corrected chi connectivity index (χ4v) is 3.36. The minimum atomic E-state index is -0.238. The molecular weight excluding hydrogens is 325 g/mol. The van der Waals surface area contributed by atoms with Crippen molar-refractivity contribution in [2.24, 2.45) is 0 Å². The lowest BCUT2D eigenvalue weighted by molar-refractivity contribution is 0.414. The van der Waals surface area contributed by atoms with Crippen LogP contribution in [0.4, 0.5) is 4.39 Å². The Balaban J connectivity index is 1.93. The standard InChI is InChI=1S/C23H18FNO/c1-26-20-13-9-17(10-14-20)22(16-7-11-19(24)12-8-16)21-6-2-4-18-5-3-15-25-23(18)21/h2-15,22H,1H3/t22-/m1/s1. The number of fused-ring (bicyclic) bond motifs is 1. The number of aromatic nitrogens is 1. The second kappa shape index (κ2) is 6.96. The first-order chi connectivity index (χ1) is 12.8. The molecule has 4 aromatic rings. The van der Waals surface area contributed by atoms with Gasteiger partial charge in [0, 0.05) is 17.5 Å². The molecule has 4 rings (SSSR count). The number of pyridine rings is 1. The van der Waals surface area contributed by atoms with Crippen LogP contribution in [0.25, 0.3) is 10.9 Å². The Hall–Kier alpha value is -3.20. The molecule has 3 heteroatoms. The fourth-order valence-electron chi connectivity index (χ4n) is 3.36. The van der Waals surface area contributed by atoms with Crippen LogP contribution in [-0.2, 0) is 0 Å². The van der Waals surface area contributed by atoms with Crippen LogP contribution in [0.5, 0.6) is 5.75 Å². The molecule has 0 bridgehead atoms. The van der Waals surface area contributed by atoms with E-state index in [0.717, 1.165) is 33.3 Å². The maximum Gasteiger partial charge on any atom is 0.123 e. The summed E-state index contributed by atoms with van der Waals surface area (Å²) in [6, 6.07) is 24.9. The summed E-state index contributed by atoms with van der Waals surface area (Å²) in [6.45, 7) is 0. The fraction of sp³-hybridized carbons (Fsp3) is 0.0870. The Morgan fingerprint density at radius 1 is 0.808 bits per heavy atom. The normalized spacial score (nSPS) is 12.1. The monoisotopic (exact) mass is 343 g/mol. The van der Waals surface area contributed by atoms with Crippen molar-refractivity contribution < 1.29 is 9.13 Å². The zero-order valence-corrected chi connectivity index (χ0v) is 14.4. The van der Waals surface area contributed by atoms with E-state index in [-0.39, 0.29) is 11.7 Å². The van der Waals surface area contributed by atoms with E-state index in [9.17, 15) is 4.39 Å². The minimum absolute atomic E-state index is 0.0416.